The number of hydrogen-bond donors (Lipinski definition) is 1. The maximum absolute atomic E-state index is 12.6. The number of benzene rings is 2. The predicted molar refractivity (Wildman–Crippen MR) is 109 cm³/mol. The highest BCUT2D eigenvalue weighted by atomic mass is 16.6. The van der Waals surface area contributed by atoms with Crippen LogP contribution < -0.4 is 10.1 Å². The number of aryl methyl sites for hydroxylation is 1. The number of carbonyl (C=O) groups is 1. The monoisotopic (exact) mass is 394 g/mol. The molecule has 1 aromatic heterocycles. The van der Waals surface area contributed by atoms with Crippen LogP contribution in [0.25, 0.3) is 0 Å². The van der Waals surface area contributed by atoms with Crippen LogP contribution in [0.4, 0.5) is 11.4 Å². The fourth-order valence-corrected chi connectivity index (χ4v) is 3.03. The van der Waals surface area contributed by atoms with E-state index in [2.05, 4.69) is 10.4 Å². The van der Waals surface area contributed by atoms with Gasteiger partial charge >= 0.3 is 5.69 Å². The van der Waals surface area contributed by atoms with Crippen LogP contribution in [0.1, 0.15) is 29.9 Å². The Morgan fingerprint density at radius 3 is 2.41 bits per heavy atom. The van der Waals surface area contributed by atoms with E-state index in [1.54, 1.807) is 45.0 Å². The van der Waals surface area contributed by atoms with Crippen molar-refractivity contribution >= 4 is 17.3 Å². The number of anilines is 1. The molecule has 8 nitrogen and oxygen atoms in total. The highest BCUT2D eigenvalue weighted by Crippen LogP contribution is 2.25. The van der Waals surface area contributed by atoms with Crippen molar-refractivity contribution < 1.29 is 14.5 Å². The zero-order valence-electron chi connectivity index (χ0n) is 16.5. The first-order valence-corrected chi connectivity index (χ1v) is 9.14. The van der Waals surface area contributed by atoms with Gasteiger partial charge in [-0.2, -0.15) is 5.10 Å². The van der Waals surface area contributed by atoms with Crippen molar-refractivity contribution in [2.75, 3.05) is 5.32 Å². The molecule has 8 heteroatoms. The second-order valence-corrected chi connectivity index (χ2v) is 6.68. The number of rotatable bonds is 7. The van der Waals surface area contributed by atoms with E-state index in [-0.39, 0.29) is 17.3 Å². The summed E-state index contributed by atoms with van der Waals surface area (Å²) in [5.74, 6) is 0.373. The first kappa shape index (κ1) is 20.1. The third-order valence-corrected chi connectivity index (χ3v) is 4.59. The van der Waals surface area contributed by atoms with Gasteiger partial charge in [0.25, 0.3) is 0 Å². The van der Waals surface area contributed by atoms with E-state index in [1.165, 1.54) is 4.68 Å². The highest BCUT2D eigenvalue weighted by molar-refractivity contribution is 5.93. The number of nitrogens with zero attached hydrogens (tertiary/aromatic N) is 3. The summed E-state index contributed by atoms with van der Waals surface area (Å²) in [7, 11) is 0. The first-order chi connectivity index (χ1) is 13.9. The van der Waals surface area contributed by atoms with E-state index in [1.807, 2.05) is 30.3 Å². The predicted octanol–water partition coefficient (Wildman–Crippen LogP) is 4.19. The lowest BCUT2D eigenvalue weighted by Crippen LogP contribution is -2.25. The topological polar surface area (TPSA) is 99.3 Å². The number of nitro groups is 1. The number of amides is 1. The van der Waals surface area contributed by atoms with Crippen molar-refractivity contribution in [3.05, 3.63) is 81.7 Å². The minimum absolute atomic E-state index is 0.0652. The number of aromatic nitrogens is 2. The van der Waals surface area contributed by atoms with Crippen molar-refractivity contribution in [2.45, 2.75) is 33.4 Å². The summed E-state index contributed by atoms with van der Waals surface area (Å²) in [4.78, 5) is 23.3. The average Bonchev–Trinajstić information content (AvgIpc) is 3.01. The summed E-state index contributed by atoms with van der Waals surface area (Å²) < 4.78 is 7.11. The third-order valence-electron chi connectivity index (χ3n) is 4.59. The van der Waals surface area contributed by atoms with Gasteiger partial charge in [0.1, 0.15) is 29.8 Å². The van der Waals surface area contributed by atoms with Crippen LogP contribution in [-0.2, 0) is 11.4 Å². The Bertz CT molecular complexity index is 1010. The van der Waals surface area contributed by atoms with Crippen LogP contribution in [0.3, 0.4) is 0 Å². The van der Waals surface area contributed by atoms with Gasteiger partial charge in [-0.05, 0) is 50.6 Å². The van der Waals surface area contributed by atoms with Crippen LogP contribution in [0.5, 0.6) is 5.75 Å². The Balaban J connectivity index is 1.63. The Morgan fingerprint density at radius 2 is 1.83 bits per heavy atom. The molecule has 1 heterocycles. The Morgan fingerprint density at radius 1 is 1.17 bits per heavy atom. The molecule has 0 fully saturated rings. The van der Waals surface area contributed by atoms with Crippen LogP contribution in [0, 0.1) is 24.0 Å². The molecule has 1 amide bonds. The largest absolute Gasteiger partial charge is 0.489 e. The van der Waals surface area contributed by atoms with Crippen LogP contribution in [-0.4, -0.2) is 20.6 Å². The van der Waals surface area contributed by atoms with E-state index in [0.717, 1.165) is 5.56 Å². The molecule has 0 bridgehead atoms. The normalized spacial score (nSPS) is 11.7. The molecular weight excluding hydrogens is 372 g/mol. The van der Waals surface area contributed by atoms with Gasteiger partial charge in [0, 0.05) is 5.69 Å². The van der Waals surface area contributed by atoms with E-state index in [4.69, 9.17) is 4.74 Å². The second-order valence-electron chi connectivity index (χ2n) is 6.68. The fraction of sp³-hybridized carbons (Fsp3) is 0.238. The van der Waals surface area contributed by atoms with Gasteiger partial charge in [0.05, 0.1) is 4.92 Å². The van der Waals surface area contributed by atoms with E-state index >= 15 is 0 Å². The van der Waals surface area contributed by atoms with Crippen LogP contribution in [0.15, 0.2) is 54.6 Å². The van der Waals surface area contributed by atoms with Crippen molar-refractivity contribution in [3.8, 4) is 5.75 Å². The molecule has 3 aromatic rings. The van der Waals surface area contributed by atoms with Gasteiger partial charge in [-0.15, -0.1) is 0 Å². The van der Waals surface area contributed by atoms with Gasteiger partial charge < -0.3 is 10.1 Å². The Kier molecular flexibility index (Phi) is 5.92. The number of hydrogen-bond acceptors (Lipinski definition) is 5. The third kappa shape index (κ3) is 4.60. The van der Waals surface area contributed by atoms with Crippen molar-refractivity contribution in [1.29, 1.82) is 0 Å². The molecule has 0 aliphatic carbocycles. The zero-order chi connectivity index (χ0) is 21.0. The molecule has 1 atom stereocenters. The lowest BCUT2D eigenvalue weighted by molar-refractivity contribution is -0.386. The molecule has 150 valence electrons. The minimum atomic E-state index is -0.698. The summed E-state index contributed by atoms with van der Waals surface area (Å²) >= 11 is 0. The molecule has 0 radical (unpaired) electrons. The van der Waals surface area contributed by atoms with E-state index in [9.17, 15) is 14.9 Å². The molecule has 0 saturated heterocycles. The summed E-state index contributed by atoms with van der Waals surface area (Å²) in [6, 6.07) is 16.2. The fourth-order valence-electron chi connectivity index (χ4n) is 3.03. The van der Waals surface area contributed by atoms with E-state index in [0.29, 0.717) is 23.7 Å². The highest BCUT2D eigenvalue weighted by Gasteiger charge is 2.27. The van der Waals surface area contributed by atoms with Gasteiger partial charge in [-0.1, -0.05) is 30.3 Å². The molecule has 0 aliphatic heterocycles. The van der Waals surface area contributed by atoms with Crippen LogP contribution >= 0.6 is 0 Å². The Labute approximate surface area is 168 Å². The second kappa shape index (κ2) is 8.55. The van der Waals surface area contributed by atoms with Gasteiger partial charge in [-0.25, -0.2) is 0 Å². The average molecular weight is 394 g/mol. The quantitative estimate of drug-likeness (QED) is 0.478. The Hall–Kier alpha value is -3.68. The van der Waals surface area contributed by atoms with Crippen molar-refractivity contribution in [3.63, 3.8) is 0 Å². The molecule has 1 N–H and O–H groups in total. The summed E-state index contributed by atoms with van der Waals surface area (Å²) in [6.45, 7) is 5.25. The van der Waals surface area contributed by atoms with Crippen molar-refractivity contribution in [2.24, 2.45) is 0 Å². The number of nitrogens with one attached hydrogen (secondary N) is 1. The number of ether oxygens (including phenoxy) is 1. The summed E-state index contributed by atoms with van der Waals surface area (Å²) in [6.07, 6.45) is 0. The SMILES string of the molecule is Cc1nn(C(C)C(=O)Nc2ccc(OCc3ccccc3)cc2)c(C)c1[N+](=O)[O-]. The molecule has 0 saturated carbocycles. The minimum Gasteiger partial charge on any atom is -0.489 e. The maximum Gasteiger partial charge on any atom is 0.312 e. The standard InChI is InChI=1S/C21H22N4O4/c1-14-20(25(27)28)15(2)24(23-14)16(3)21(26)22-18-9-11-19(12-10-18)29-13-17-7-5-4-6-8-17/h4-12,16H,13H2,1-3H3,(H,22,26). The number of carbonyl (C=O) groups excluding carboxylic acids is 1. The molecule has 1 unspecified atom stereocenters. The zero-order valence-corrected chi connectivity index (χ0v) is 16.5. The molecule has 2 aromatic carbocycles. The van der Waals surface area contributed by atoms with Crippen molar-refractivity contribution in [1.82, 2.24) is 9.78 Å². The molecule has 3 rings (SSSR count). The lowest BCUT2D eigenvalue weighted by Gasteiger charge is -2.14. The lowest BCUT2D eigenvalue weighted by atomic mass is 10.2. The van der Waals surface area contributed by atoms with Gasteiger partial charge in [0.15, 0.2) is 0 Å². The first-order valence-electron chi connectivity index (χ1n) is 9.14. The summed E-state index contributed by atoms with van der Waals surface area (Å²) in [5.41, 5.74) is 2.24. The van der Waals surface area contributed by atoms with Gasteiger partial charge in [0.2, 0.25) is 5.91 Å². The van der Waals surface area contributed by atoms with Crippen LogP contribution in [0.2, 0.25) is 0 Å². The summed E-state index contributed by atoms with van der Waals surface area (Å²) in [5, 5.41) is 18.1. The van der Waals surface area contributed by atoms with Gasteiger partial charge in [-0.3, -0.25) is 19.6 Å². The maximum atomic E-state index is 12.6. The van der Waals surface area contributed by atoms with E-state index < -0.39 is 11.0 Å². The smallest absolute Gasteiger partial charge is 0.312 e. The molecule has 0 aliphatic rings. The molecule has 29 heavy (non-hydrogen) atoms. The molecule has 0 spiro atoms. The molecular formula is C21H22N4O4.